The Morgan fingerprint density at radius 2 is 1.27 bits per heavy atom. The Balaban J connectivity index is 2.62. The highest BCUT2D eigenvalue weighted by atomic mass is 31.1. The summed E-state index contributed by atoms with van der Waals surface area (Å²) in [4.78, 5) is 0. The van der Waals surface area contributed by atoms with Crippen molar-refractivity contribution in [2.24, 2.45) is 0 Å². The van der Waals surface area contributed by atoms with Gasteiger partial charge in [-0.15, -0.1) is 0 Å². The quantitative estimate of drug-likeness (QED) is 0.711. The molecule has 6 heteroatoms. The predicted octanol–water partition coefficient (Wildman–Crippen LogP) is 4.50. The van der Waals surface area contributed by atoms with Gasteiger partial charge in [0.25, 0.3) is 0 Å². The molecule has 1 heterocycles. The van der Waals surface area contributed by atoms with Crippen LogP contribution in [-0.2, 0) is 0 Å². The lowest BCUT2D eigenvalue weighted by molar-refractivity contribution is 0.416. The maximum absolute atomic E-state index is 6.08. The molecule has 1 aromatic heterocycles. The topological polar surface area (TPSA) is 48.0 Å². The fourth-order valence-corrected chi connectivity index (χ4v) is 3.36. The zero-order chi connectivity index (χ0) is 15.7. The molecular weight excluding hydrogens is 301 g/mol. The third kappa shape index (κ3) is 2.43. The minimum absolute atomic E-state index is 0.724. The highest BCUT2D eigenvalue weighted by Crippen LogP contribution is 2.41. The van der Waals surface area contributed by atoms with Gasteiger partial charge in [0.2, 0.25) is 0 Å². The lowest BCUT2D eigenvalue weighted by atomic mass is 10.1. The first-order chi connectivity index (χ1) is 10.7. The highest BCUT2D eigenvalue weighted by molar-refractivity contribution is 7.38. The standard InChI is InChI=1S/C16H18NO4P/c1-17(2)22-20-13-9-5-7-11(18-3)15(13)16-12(19-4)8-6-10-14(16)21-22/h5-10H,1-4H3. The normalized spacial score (nSPS) is 11.1. The van der Waals surface area contributed by atoms with Crippen LogP contribution in [0, 0.1) is 0 Å². The van der Waals surface area contributed by atoms with E-state index in [1.165, 1.54) is 0 Å². The summed E-state index contributed by atoms with van der Waals surface area (Å²) in [5.41, 5.74) is 1.45. The van der Waals surface area contributed by atoms with E-state index in [-0.39, 0.29) is 0 Å². The number of nitrogens with zero attached hydrogens (tertiary/aromatic N) is 1. The maximum atomic E-state index is 6.08. The molecule has 0 amide bonds. The van der Waals surface area contributed by atoms with E-state index < -0.39 is 8.16 Å². The molecule has 116 valence electrons. The SMILES string of the molecule is COc1cccc2op(N(C)C)oc3cccc(OC)c3c12. The second-order valence-electron chi connectivity index (χ2n) is 4.93. The van der Waals surface area contributed by atoms with Gasteiger partial charge in [0.05, 0.1) is 25.0 Å². The van der Waals surface area contributed by atoms with Crippen molar-refractivity contribution in [1.82, 2.24) is 0 Å². The summed E-state index contributed by atoms with van der Waals surface area (Å²) in [6.07, 6.45) is 0. The van der Waals surface area contributed by atoms with Crippen molar-refractivity contribution in [3.8, 4) is 11.5 Å². The number of rotatable bonds is 3. The Labute approximate surface area is 129 Å². The van der Waals surface area contributed by atoms with Gasteiger partial charge < -0.3 is 17.9 Å². The molecule has 0 aliphatic carbocycles. The van der Waals surface area contributed by atoms with Gasteiger partial charge in [0, 0.05) is 14.1 Å². The van der Waals surface area contributed by atoms with Crippen LogP contribution in [0.1, 0.15) is 0 Å². The van der Waals surface area contributed by atoms with E-state index in [0.717, 1.165) is 33.4 Å². The van der Waals surface area contributed by atoms with Gasteiger partial charge in [-0.3, -0.25) is 0 Å². The maximum Gasteiger partial charge on any atom is 0.309 e. The number of hydrogen-bond acceptors (Lipinski definition) is 5. The largest absolute Gasteiger partial charge is 0.496 e. The minimum atomic E-state index is -1.24. The van der Waals surface area contributed by atoms with E-state index in [1.54, 1.807) is 14.2 Å². The van der Waals surface area contributed by atoms with Crippen molar-refractivity contribution in [3.63, 3.8) is 0 Å². The third-order valence-corrected chi connectivity index (χ3v) is 4.70. The second-order valence-corrected chi connectivity index (χ2v) is 6.58. The van der Waals surface area contributed by atoms with Gasteiger partial charge in [0.15, 0.2) is 0 Å². The van der Waals surface area contributed by atoms with Gasteiger partial charge in [-0.25, -0.2) is 4.67 Å². The van der Waals surface area contributed by atoms with Crippen LogP contribution in [0.4, 0.5) is 0 Å². The number of methoxy groups -OCH3 is 2. The van der Waals surface area contributed by atoms with Crippen molar-refractivity contribution < 1.29 is 17.9 Å². The molecule has 0 radical (unpaired) electrons. The van der Waals surface area contributed by atoms with Gasteiger partial charge >= 0.3 is 8.16 Å². The number of benzene rings is 2. The Hall–Kier alpha value is -2.10. The van der Waals surface area contributed by atoms with E-state index in [0.29, 0.717) is 0 Å². The van der Waals surface area contributed by atoms with Crippen LogP contribution in [0.15, 0.2) is 44.8 Å². The molecule has 3 rings (SSSR count). The van der Waals surface area contributed by atoms with Crippen molar-refractivity contribution in [3.05, 3.63) is 36.4 Å². The average molecular weight is 319 g/mol. The van der Waals surface area contributed by atoms with Crippen LogP contribution in [0.2, 0.25) is 0 Å². The van der Waals surface area contributed by atoms with Crippen molar-refractivity contribution in [2.45, 2.75) is 0 Å². The summed E-state index contributed by atoms with van der Waals surface area (Å²) in [5.74, 6) is 1.45. The lowest BCUT2D eigenvalue weighted by Crippen LogP contribution is -2.02. The van der Waals surface area contributed by atoms with E-state index >= 15 is 0 Å². The molecule has 2 aromatic carbocycles. The molecule has 0 unspecified atom stereocenters. The summed E-state index contributed by atoms with van der Waals surface area (Å²) in [6, 6.07) is 11.5. The first-order valence-electron chi connectivity index (χ1n) is 6.83. The van der Waals surface area contributed by atoms with Crippen LogP contribution in [0.3, 0.4) is 0 Å². The first kappa shape index (κ1) is 14.8. The molecule has 0 fully saturated rings. The number of hydrogen-bond donors (Lipinski definition) is 0. The van der Waals surface area contributed by atoms with Gasteiger partial charge in [-0.2, -0.15) is 0 Å². The molecule has 3 aromatic rings. The monoisotopic (exact) mass is 319 g/mol. The summed E-state index contributed by atoms with van der Waals surface area (Å²) in [6.45, 7) is 0. The fourth-order valence-electron chi connectivity index (χ4n) is 2.36. The molecule has 0 saturated carbocycles. The van der Waals surface area contributed by atoms with Crippen LogP contribution in [0.25, 0.3) is 21.9 Å². The molecule has 0 bridgehead atoms. The molecular formula is C16H18NO4P. The van der Waals surface area contributed by atoms with E-state index in [1.807, 2.05) is 55.2 Å². The van der Waals surface area contributed by atoms with Crippen molar-refractivity contribution >= 4 is 30.1 Å². The average Bonchev–Trinajstić information content (AvgIpc) is 2.71. The Morgan fingerprint density at radius 1 is 0.818 bits per heavy atom. The molecule has 0 N–H and O–H groups in total. The van der Waals surface area contributed by atoms with Crippen LogP contribution >= 0.6 is 8.16 Å². The molecule has 22 heavy (non-hydrogen) atoms. The van der Waals surface area contributed by atoms with Gasteiger partial charge in [-0.05, 0) is 24.3 Å². The Bertz CT molecular complexity index is 791. The zero-order valence-corrected chi connectivity index (χ0v) is 13.9. The molecule has 0 spiro atoms. The van der Waals surface area contributed by atoms with Crippen LogP contribution in [-0.4, -0.2) is 28.3 Å². The number of ether oxygens (including phenoxy) is 2. The molecule has 5 nitrogen and oxygen atoms in total. The van der Waals surface area contributed by atoms with Gasteiger partial charge in [-0.1, -0.05) is 12.1 Å². The summed E-state index contributed by atoms with van der Waals surface area (Å²) >= 11 is 0. The van der Waals surface area contributed by atoms with E-state index in [2.05, 4.69) is 0 Å². The zero-order valence-electron chi connectivity index (χ0n) is 13.0. The molecule has 0 aliphatic heterocycles. The summed E-state index contributed by atoms with van der Waals surface area (Å²) in [7, 11) is 5.90. The predicted molar refractivity (Wildman–Crippen MR) is 89.5 cm³/mol. The van der Waals surface area contributed by atoms with Crippen molar-refractivity contribution in [1.29, 1.82) is 0 Å². The third-order valence-electron chi connectivity index (χ3n) is 3.35. The first-order valence-corrected chi connectivity index (χ1v) is 7.96. The molecule has 0 aliphatic rings. The van der Waals surface area contributed by atoms with E-state index in [4.69, 9.17) is 17.9 Å². The van der Waals surface area contributed by atoms with E-state index in [9.17, 15) is 0 Å². The lowest BCUT2D eigenvalue weighted by Gasteiger charge is -2.06. The second kappa shape index (κ2) is 5.95. The number of fused-ring (bicyclic) bond motifs is 3. The molecule has 0 atom stereocenters. The summed E-state index contributed by atoms with van der Waals surface area (Å²) in [5, 5.41) is 1.70. The highest BCUT2D eigenvalue weighted by Gasteiger charge is 2.14. The smallest absolute Gasteiger partial charge is 0.309 e. The van der Waals surface area contributed by atoms with Gasteiger partial charge in [0.1, 0.15) is 22.7 Å². The Morgan fingerprint density at radius 3 is 1.64 bits per heavy atom. The minimum Gasteiger partial charge on any atom is -0.496 e. The van der Waals surface area contributed by atoms with Crippen molar-refractivity contribution in [2.75, 3.05) is 33.0 Å². The summed E-state index contributed by atoms with van der Waals surface area (Å²) < 4.78 is 25.1. The van der Waals surface area contributed by atoms with Crippen LogP contribution < -0.4 is 14.1 Å². The fraction of sp³-hybridized carbons (Fsp3) is 0.250. The van der Waals surface area contributed by atoms with Crippen LogP contribution in [0.5, 0.6) is 11.5 Å². The Kier molecular flexibility index (Phi) is 4.01. The molecule has 0 saturated heterocycles.